The number of benzene rings is 2. The molecule has 0 N–H and O–H groups in total. The molecule has 0 bridgehead atoms. The van der Waals surface area contributed by atoms with Crippen LogP contribution < -0.4 is 0 Å². The van der Waals surface area contributed by atoms with E-state index in [1.165, 1.54) is 11.1 Å². The van der Waals surface area contributed by atoms with E-state index in [0.29, 0.717) is 6.42 Å². The Morgan fingerprint density at radius 1 is 0.778 bits per heavy atom. The van der Waals surface area contributed by atoms with Gasteiger partial charge in [-0.1, -0.05) is 60.7 Å². The predicted octanol–water partition coefficient (Wildman–Crippen LogP) is 2.82. The molecule has 0 amide bonds. The van der Waals surface area contributed by atoms with Crippen molar-refractivity contribution in [3.8, 4) is 0 Å². The van der Waals surface area contributed by atoms with Crippen LogP contribution in [0.1, 0.15) is 23.5 Å². The zero-order valence-corrected chi connectivity index (χ0v) is 10.9. The van der Waals surface area contributed by atoms with Gasteiger partial charge in [0.25, 0.3) is 0 Å². The van der Waals surface area contributed by atoms with Crippen LogP contribution >= 0.6 is 0 Å². The van der Waals surface area contributed by atoms with Crippen molar-refractivity contribution in [3.63, 3.8) is 0 Å². The molecule has 0 saturated heterocycles. The molecule has 0 radical (unpaired) electrons. The van der Waals surface area contributed by atoms with E-state index in [0.717, 1.165) is 0 Å². The quantitative estimate of drug-likeness (QED) is 0.839. The minimum absolute atomic E-state index is 0.153. The van der Waals surface area contributed by atoms with Gasteiger partial charge in [-0.15, -0.1) is 0 Å². The average Bonchev–Trinajstić information content (AvgIpc) is 2.41. The first kappa shape index (κ1) is 12.8. The third kappa shape index (κ3) is 3.44. The Morgan fingerprint density at radius 3 is 1.61 bits per heavy atom. The van der Waals surface area contributed by atoms with Gasteiger partial charge in [-0.05, 0) is 17.5 Å². The van der Waals surface area contributed by atoms with Crippen molar-refractivity contribution in [2.45, 2.75) is 12.3 Å². The molecule has 2 aromatic rings. The van der Waals surface area contributed by atoms with Crippen molar-refractivity contribution in [2.24, 2.45) is 0 Å². The summed E-state index contributed by atoms with van der Waals surface area (Å²) in [6.07, 6.45) is 0.632. The molecule has 0 unspecified atom stereocenters. The monoisotopic (exact) mass is 260 g/mol. The summed E-state index contributed by atoms with van der Waals surface area (Å²) in [4.78, 5) is 0. The molecule has 2 aromatic carbocycles. The molecule has 0 aliphatic heterocycles. The van der Waals surface area contributed by atoms with E-state index < -0.39 is 10.7 Å². The standard InChI is InChI=1S/C15H16O2S/c16-18(17)12-11-15(13-7-3-1-4-8-13)14-9-5-2-6-10-14/h1-10,15,18H,11-12H2. The number of rotatable bonds is 5. The Labute approximate surface area is 109 Å². The lowest BCUT2D eigenvalue weighted by atomic mass is 9.89. The van der Waals surface area contributed by atoms with E-state index >= 15 is 0 Å². The molecule has 0 heterocycles. The maximum absolute atomic E-state index is 10.8. The van der Waals surface area contributed by atoms with Crippen LogP contribution in [-0.4, -0.2) is 14.2 Å². The summed E-state index contributed by atoms with van der Waals surface area (Å²) in [6, 6.07) is 20.1. The minimum Gasteiger partial charge on any atom is -0.232 e. The largest absolute Gasteiger partial charge is 0.232 e. The summed E-state index contributed by atoms with van der Waals surface area (Å²) in [6.45, 7) is 0. The van der Waals surface area contributed by atoms with E-state index in [-0.39, 0.29) is 11.7 Å². The van der Waals surface area contributed by atoms with Gasteiger partial charge in [-0.3, -0.25) is 0 Å². The third-order valence-electron chi connectivity index (χ3n) is 3.00. The van der Waals surface area contributed by atoms with E-state index in [2.05, 4.69) is 24.3 Å². The Balaban J connectivity index is 2.29. The van der Waals surface area contributed by atoms with Crippen LogP contribution in [0, 0.1) is 0 Å². The van der Waals surface area contributed by atoms with Crippen molar-refractivity contribution in [1.82, 2.24) is 0 Å². The smallest absolute Gasteiger partial charge is 0.140 e. The highest BCUT2D eigenvalue weighted by molar-refractivity contribution is 7.72. The molecular weight excluding hydrogens is 244 g/mol. The van der Waals surface area contributed by atoms with Gasteiger partial charge in [-0.2, -0.15) is 0 Å². The number of thiol groups is 1. The molecule has 3 heteroatoms. The van der Waals surface area contributed by atoms with E-state index in [1.54, 1.807) is 0 Å². The first-order valence-electron chi connectivity index (χ1n) is 5.99. The third-order valence-corrected chi connectivity index (χ3v) is 3.63. The zero-order chi connectivity index (χ0) is 12.8. The average molecular weight is 260 g/mol. The second kappa shape index (κ2) is 6.36. The van der Waals surface area contributed by atoms with E-state index in [9.17, 15) is 8.42 Å². The highest BCUT2D eigenvalue weighted by Gasteiger charge is 2.13. The predicted molar refractivity (Wildman–Crippen MR) is 74.5 cm³/mol. The maximum Gasteiger partial charge on any atom is 0.140 e. The van der Waals surface area contributed by atoms with Gasteiger partial charge in [0.15, 0.2) is 0 Å². The highest BCUT2D eigenvalue weighted by Crippen LogP contribution is 2.27. The summed E-state index contributed by atoms with van der Waals surface area (Å²) < 4.78 is 21.6. The van der Waals surface area contributed by atoms with Gasteiger partial charge in [0.05, 0.1) is 0 Å². The van der Waals surface area contributed by atoms with Crippen molar-refractivity contribution in [3.05, 3.63) is 71.8 Å². The van der Waals surface area contributed by atoms with Gasteiger partial charge in [0.1, 0.15) is 10.7 Å². The molecule has 0 aromatic heterocycles. The van der Waals surface area contributed by atoms with Crippen LogP contribution in [0.25, 0.3) is 0 Å². The van der Waals surface area contributed by atoms with Crippen LogP contribution in [0.3, 0.4) is 0 Å². The van der Waals surface area contributed by atoms with Gasteiger partial charge < -0.3 is 0 Å². The van der Waals surface area contributed by atoms with Gasteiger partial charge >= 0.3 is 0 Å². The summed E-state index contributed by atoms with van der Waals surface area (Å²) in [5.41, 5.74) is 2.33. The zero-order valence-electron chi connectivity index (χ0n) is 10.0. The molecule has 0 atom stereocenters. The Morgan fingerprint density at radius 2 is 1.22 bits per heavy atom. The first-order chi connectivity index (χ1) is 8.77. The van der Waals surface area contributed by atoms with E-state index in [4.69, 9.17) is 0 Å². The molecule has 0 spiro atoms. The molecule has 2 nitrogen and oxygen atoms in total. The Kier molecular flexibility index (Phi) is 4.53. The molecule has 0 saturated carbocycles. The van der Waals surface area contributed by atoms with Crippen molar-refractivity contribution >= 4 is 10.7 Å². The Hall–Kier alpha value is -1.61. The molecular formula is C15H16O2S. The first-order valence-corrected chi connectivity index (χ1v) is 7.35. The molecule has 2 rings (SSSR count). The van der Waals surface area contributed by atoms with Crippen LogP contribution in [0.15, 0.2) is 60.7 Å². The second-order valence-corrected chi connectivity index (χ2v) is 5.33. The lowest BCUT2D eigenvalue weighted by molar-refractivity contribution is 0.609. The van der Waals surface area contributed by atoms with Crippen LogP contribution in [0.5, 0.6) is 0 Å². The van der Waals surface area contributed by atoms with E-state index in [1.807, 2.05) is 36.4 Å². The fourth-order valence-corrected chi connectivity index (χ4v) is 2.60. The maximum atomic E-state index is 10.8. The van der Waals surface area contributed by atoms with Gasteiger partial charge in [0, 0.05) is 11.7 Å². The summed E-state index contributed by atoms with van der Waals surface area (Å²) in [5, 5.41) is 0. The number of hydrogen-bond donors (Lipinski definition) is 1. The highest BCUT2D eigenvalue weighted by atomic mass is 32.2. The SMILES string of the molecule is O=[SH](=O)CCC(c1ccccc1)c1ccccc1. The normalized spacial score (nSPS) is 11.0. The summed E-state index contributed by atoms with van der Waals surface area (Å²) >= 11 is 0. The lowest BCUT2D eigenvalue weighted by Crippen LogP contribution is -2.04. The minimum atomic E-state index is -2.31. The van der Waals surface area contributed by atoms with Gasteiger partial charge in [0.2, 0.25) is 0 Å². The van der Waals surface area contributed by atoms with Crippen LogP contribution in [0.4, 0.5) is 0 Å². The summed E-state index contributed by atoms with van der Waals surface area (Å²) in [5.74, 6) is 0.379. The summed E-state index contributed by atoms with van der Waals surface area (Å²) in [7, 11) is -2.31. The molecule has 94 valence electrons. The Bertz CT molecular complexity index is 500. The number of hydrogen-bond acceptors (Lipinski definition) is 2. The fraction of sp³-hybridized carbons (Fsp3) is 0.200. The molecule has 0 aliphatic rings. The topological polar surface area (TPSA) is 34.1 Å². The van der Waals surface area contributed by atoms with Crippen LogP contribution in [0.2, 0.25) is 0 Å². The fourth-order valence-electron chi connectivity index (χ4n) is 2.13. The van der Waals surface area contributed by atoms with Crippen molar-refractivity contribution < 1.29 is 8.42 Å². The van der Waals surface area contributed by atoms with Gasteiger partial charge in [-0.25, -0.2) is 8.42 Å². The van der Waals surface area contributed by atoms with Crippen molar-refractivity contribution in [2.75, 3.05) is 5.75 Å². The molecule has 0 fully saturated rings. The van der Waals surface area contributed by atoms with Crippen molar-refractivity contribution in [1.29, 1.82) is 0 Å². The molecule has 0 aliphatic carbocycles. The second-order valence-electron chi connectivity index (χ2n) is 4.22. The molecule has 18 heavy (non-hydrogen) atoms. The lowest BCUT2D eigenvalue weighted by Gasteiger charge is -2.16. The van der Waals surface area contributed by atoms with Crippen LogP contribution in [-0.2, 0) is 10.7 Å².